The Kier molecular flexibility index (Phi) is 4.79. The molecule has 1 aromatic carbocycles. The summed E-state index contributed by atoms with van der Waals surface area (Å²) in [6, 6.07) is 7.55. The highest BCUT2D eigenvalue weighted by Gasteiger charge is 2.17. The first kappa shape index (κ1) is 17.7. The van der Waals surface area contributed by atoms with E-state index in [-0.39, 0.29) is 5.56 Å². The molecular formula is C19H22N4O3. The smallest absolute Gasteiger partial charge is 0.332 e. The highest BCUT2D eigenvalue weighted by molar-refractivity contribution is 5.92. The molecule has 0 aliphatic carbocycles. The fourth-order valence-corrected chi connectivity index (χ4v) is 2.96. The molecule has 3 rings (SSSR count). The molecule has 1 N–H and O–H groups in total. The molecule has 0 unspecified atom stereocenters. The highest BCUT2D eigenvalue weighted by atomic mass is 16.5. The van der Waals surface area contributed by atoms with E-state index in [9.17, 15) is 9.59 Å². The van der Waals surface area contributed by atoms with Crippen LogP contribution in [0.25, 0.3) is 11.0 Å². The molecule has 7 heteroatoms. The van der Waals surface area contributed by atoms with Crippen LogP contribution in [0.4, 0.5) is 11.4 Å². The SMILES string of the molecule is CCOc1ccccc1Nc1c(CC)cnc2c1c(=O)n(C)c(=O)n2C. The molecule has 0 aliphatic rings. The molecule has 0 spiro atoms. The largest absolute Gasteiger partial charge is 0.492 e. The van der Waals surface area contributed by atoms with Crippen molar-refractivity contribution in [1.29, 1.82) is 0 Å². The molecular weight excluding hydrogens is 332 g/mol. The van der Waals surface area contributed by atoms with Crippen molar-refractivity contribution in [2.24, 2.45) is 14.1 Å². The molecule has 136 valence electrons. The van der Waals surface area contributed by atoms with Gasteiger partial charge in [-0.05, 0) is 31.0 Å². The second-order valence-electron chi connectivity index (χ2n) is 5.97. The van der Waals surface area contributed by atoms with Gasteiger partial charge in [0.05, 0.1) is 18.0 Å². The lowest BCUT2D eigenvalue weighted by Crippen LogP contribution is -2.37. The van der Waals surface area contributed by atoms with Crippen LogP contribution >= 0.6 is 0 Å². The van der Waals surface area contributed by atoms with E-state index in [4.69, 9.17) is 4.74 Å². The summed E-state index contributed by atoms with van der Waals surface area (Å²) in [5.41, 5.74) is 1.88. The number of nitrogens with zero attached hydrogens (tertiary/aromatic N) is 3. The number of ether oxygens (including phenoxy) is 1. The quantitative estimate of drug-likeness (QED) is 0.761. The van der Waals surface area contributed by atoms with E-state index in [0.717, 1.165) is 15.8 Å². The molecule has 0 amide bonds. The number of hydrogen-bond donors (Lipinski definition) is 1. The van der Waals surface area contributed by atoms with Gasteiger partial charge in [0.1, 0.15) is 11.1 Å². The van der Waals surface area contributed by atoms with E-state index in [1.54, 1.807) is 13.2 Å². The van der Waals surface area contributed by atoms with Crippen molar-refractivity contribution in [3.8, 4) is 5.75 Å². The fourth-order valence-electron chi connectivity index (χ4n) is 2.96. The van der Waals surface area contributed by atoms with Crippen molar-refractivity contribution in [2.45, 2.75) is 20.3 Å². The van der Waals surface area contributed by atoms with Crippen LogP contribution in [0, 0.1) is 0 Å². The molecule has 2 aromatic heterocycles. The van der Waals surface area contributed by atoms with Gasteiger partial charge in [0, 0.05) is 20.3 Å². The number of hydrogen-bond acceptors (Lipinski definition) is 5. The molecule has 0 atom stereocenters. The van der Waals surface area contributed by atoms with Crippen LogP contribution in [0.3, 0.4) is 0 Å². The van der Waals surface area contributed by atoms with Gasteiger partial charge in [-0.2, -0.15) is 0 Å². The maximum Gasteiger partial charge on any atom is 0.332 e. The Balaban J connectivity index is 2.32. The highest BCUT2D eigenvalue weighted by Crippen LogP contribution is 2.31. The minimum atomic E-state index is -0.403. The van der Waals surface area contributed by atoms with Crippen LogP contribution in [0.1, 0.15) is 19.4 Å². The molecule has 0 saturated heterocycles. The number of para-hydroxylation sites is 2. The normalized spacial score (nSPS) is 10.9. The number of rotatable bonds is 5. The second kappa shape index (κ2) is 7.03. The van der Waals surface area contributed by atoms with Crippen LogP contribution in [0.5, 0.6) is 5.75 Å². The average Bonchev–Trinajstić information content (AvgIpc) is 2.66. The number of benzene rings is 1. The summed E-state index contributed by atoms with van der Waals surface area (Å²) >= 11 is 0. The summed E-state index contributed by atoms with van der Waals surface area (Å²) in [5.74, 6) is 0.698. The van der Waals surface area contributed by atoms with Crippen LogP contribution in [-0.4, -0.2) is 20.7 Å². The molecule has 0 saturated carbocycles. The van der Waals surface area contributed by atoms with Gasteiger partial charge >= 0.3 is 5.69 Å². The van der Waals surface area contributed by atoms with Crippen LogP contribution in [-0.2, 0) is 20.5 Å². The Morgan fingerprint density at radius 1 is 1.12 bits per heavy atom. The predicted molar refractivity (Wildman–Crippen MR) is 102 cm³/mol. The molecule has 0 fully saturated rings. The third-order valence-electron chi connectivity index (χ3n) is 4.37. The van der Waals surface area contributed by atoms with Crippen molar-refractivity contribution >= 4 is 22.4 Å². The van der Waals surface area contributed by atoms with Crippen molar-refractivity contribution in [2.75, 3.05) is 11.9 Å². The summed E-state index contributed by atoms with van der Waals surface area (Å²) in [6.07, 6.45) is 2.39. The zero-order valence-electron chi connectivity index (χ0n) is 15.4. The molecule has 0 radical (unpaired) electrons. The number of nitrogens with one attached hydrogen (secondary N) is 1. The molecule has 2 heterocycles. The maximum atomic E-state index is 12.8. The lowest BCUT2D eigenvalue weighted by Gasteiger charge is -2.17. The molecule has 7 nitrogen and oxygen atoms in total. The zero-order valence-corrected chi connectivity index (χ0v) is 15.4. The molecule has 26 heavy (non-hydrogen) atoms. The van der Waals surface area contributed by atoms with Gasteiger partial charge in [-0.15, -0.1) is 0 Å². The van der Waals surface area contributed by atoms with Gasteiger partial charge in [0.2, 0.25) is 0 Å². The fraction of sp³-hybridized carbons (Fsp3) is 0.316. The van der Waals surface area contributed by atoms with Gasteiger partial charge in [0.25, 0.3) is 5.56 Å². The second-order valence-corrected chi connectivity index (χ2v) is 5.97. The van der Waals surface area contributed by atoms with E-state index < -0.39 is 5.69 Å². The van der Waals surface area contributed by atoms with Crippen molar-refractivity contribution in [3.05, 3.63) is 56.9 Å². The monoisotopic (exact) mass is 354 g/mol. The van der Waals surface area contributed by atoms with E-state index in [0.29, 0.717) is 35.5 Å². The minimum absolute atomic E-state index is 0.353. The average molecular weight is 354 g/mol. The number of pyridine rings is 1. The summed E-state index contributed by atoms with van der Waals surface area (Å²) in [5, 5.41) is 3.73. The van der Waals surface area contributed by atoms with Gasteiger partial charge in [0.15, 0.2) is 5.65 Å². The van der Waals surface area contributed by atoms with E-state index in [1.165, 1.54) is 11.6 Å². The summed E-state index contributed by atoms with van der Waals surface area (Å²) in [6.45, 7) is 4.45. The third kappa shape index (κ3) is 2.85. The van der Waals surface area contributed by atoms with Crippen LogP contribution in [0.15, 0.2) is 40.1 Å². The first-order valence-corrected chi connectivity index (χ1v) is 8.56. The summed E-state index contributed by atoms with van der Waals surface area (Å²) < 4.78 is 8.16. The van der Waals surface area contributed by atoms with Gasteiger partial charge < -0.3 is 10.1 Å². The molecule has 0 bridgehead atoms. The maximum absolute atomic E-state index is 12.8. The first-order valence-electron chi connectivity index (χ1n) is 8.56. The van der Waals surface area contributed by atoms with Crippen LogP contribution < -0.4 is 21.3 Å². The number of aryl methyl sites for hydroxylation is 2. The predicted octanol–water partition coefficient (Wildman–Crippen LogP) is 2.34. The Morgan fingerprint density at radius 2 is 1.85 bits per heavy atom. The number of aromatic nitrogens is 3. The summed E-state index contributed by atoms with van der Waals surface area (Å²) in [7, 11) is 3.08. The lowest BCUT2D eigenvalue weighted by atomic mass is 10.1. The zero-order chi connectivity index (χ0) is 18.8. The van der Waals surface area contributed by atoms with Crippen LogP contribution in [0.2, 0.25) is 0 Å². The number of fused-ring (bicyclic) bond motifs is 1. The van der Waals surface area contributed by atoms with E-state index in [1.807, 2.05) is 38.1 Å². The van der Waals surface area contributed by atoms with Crippen molar-refractivity contribution in [1.82, 2.24) is 14.1 Å². The Labute approximate surface area is 150 Å². The van der Waals surface area contributed by atoms with Gasteiger partial charge in [-0.3, -0.25) is 13.9 Å². The van der Waals surface area contributed by atoms with E-state index >= 15 is 0 Å². The summed E-state index contributed by atoms with van der Waals surface area (Å²) in [4.78, 5) is 29.4. The first-order chi connectivity index (χ1) is 12.5. The minimum Gasteiger partial charge on any atom is -0.492 e. The Bertz CT molecular complexity index is 1080. The van der Waals surface area contributed by atoms with Crippen molar-refractivity contribution < 1.29 is 4.74 Å². The Hall–Kier alpha value is -3.09. The topological polar surface area (TPSA) is 78.2 Å². The van der Waals surface area contributed by atoms with Gasteiger partial charge in [-0.25, -0.2) is 9.78 Å². The Morgan fingerprint density at radius 3 is 2.54 bits per heavy atom. The van der Waals surface area contributed by atoms with Crippen molar-refractivity contribution in [3.63, 3.8) is 0 Å². The number of anilines is 2. The molecule has 0 aliphatic heterocycles. The third-order valence-corrected chi connectivity index (χ3v) is 4.37. The molecule has 3 aromatic rings. The lowest BCUT2D eigenvalue weighted by molar-refractivity contribution is 0.342. The van der Waals surface area contributed by atoms with E-state index in [2.05, 4.69) is 10.3 Å². The standard InChI is InChI=1S/C19H22N4O3/c1-5-12-11-20-17-15(18(24)23(4)19(25)22(17)3)16(12)21-13-9-7-8-10-14(13)26-6-2/h7-11H,5-6H2,1-4H3,(H,20,21). The van der Waals surface area contributed by atoms with Gasteiger partial charge in [-0.1, -0.05) is 19.1 Å².